The number of para-hydroxylation sites is 1. The number of hydrogen-bond donors (Lipinski definition) is 2. The minimum Gasteiger partial charge on any atom is -0.453 e. The molecule has 3 aromatic rings. The normalized spacial score (nSPS) is 11.5. The molecule has 1 aromatic heterocycles. The first-order valence-corrected chi connectivity index (χ1v) is 11.4. The first-order chi connectivity index (χ1) is 14.6. The lowest BCUT2D eigenvalue weighted by molar-refractivity contribution is 0.299. The Morgan fingerprint density at radius 3 is 2.52 bits per heavy atom. The predicted octanol–water partition coefficient (Wildman–Crippen LogP) is 3.50. The Bertz CT molecular complexity index is 1290. The Labute approximate surface area is 178 Å². The van der Waals surface area contributed by atoms with Gasteiger partial charge in [0.1, 0.15) is 11.6 Å². The first-order valence-electron chi connectivity index (χ1n) is 9.35. The predicted molar refractivity (Wildman–Crippen MR) is 113 cm³/mol. The number of aliphatic hydroxyl groups is 1. The Hall–Kier alpha value is -3.04. The van der Waals surface area contributed by atoms with Crippen molar-refractivity contribution < 1.29 is 27.0 Å². The van der Waals surface area contributed by atoms with Crippen LogP contribution in [0.5, 0.6) is 11.5 Å². The van der Waals surface area contributed by atoms with Gasteiger partial charge >= 0.3 is 0 Å². The number of hydrogen-bond acceptors (Lipinski definition) is 5. The summed E-state index contributed by atoms with van der Waals surface area (Å²) in [5, 5.41) is 9.47. The van der Waals surface area contributed by atoms with Crippen LogP contribution in [-0.4, -0.2) is 31.4 Å². The van der Waals surface area contributed by atoms with Crippen LogP contribution >= 0.6 is 0 Å². The highest BCUT2D eigenvalue weighted by Crippen LogP contribution is 2.39. The van der Waals surface area contributed by atoms with Crippen molar-refractivity contribution in [2.75, 3.05) is 12.9 Å². The van der Waals surface area contributed by atoms with Gasteiger partial charge in [0.25, 0.3) is 5.56 Å². The molecule has 0 spiro atoms. The molecule has 0 unspecified atom stereocenters. The van der Waals surface area contributed by atoms with Gasteiger partial charge in [-0.3, -0.25) is 4.79 Å². The lowest BCUT2D eigenvalue weighted by Gasteiger charge is -2.18. The van der Waals surface area contributed by atoms with Crippen LogP contribution in [-0.2, 0) is 22.0 Å². The summed E-state index contributed by atoms with van der Waals surface area (Å²) in [6, 6.07) is 7.58. The van der Waals surface area contributed by atoms with E-state index in [1.807, 2.05) is 0 Å². The number of ether oxygens (including phenoxy) is 1. The average molecular weight is 449 g/mol. The number of halogens is 2. The number of sulfone groups is 1. The van der Waals surface area contributed by atoms with Gasteiger partial charge in [-0.05, 0) is 31.0 Å². The van der Waals surface area contributed by atoms with Crippen molar-refractivity contribution in [1.29, 1.82) is 0 Å². The van der Waals surface area contributed by atoms with Gasteiger partial charge in [-0.15, -0.1) is 0 Å². The van der Waals surface area contributed by atoms with Crippen LogP contribution in [0.1, 0.15) is 16.7 Å². The molecule has 0 saturated heterocycles. The summed E-state index contributed by atoms with van der Waals surface area (Å²) in [4.78, 5) is 14.7. The third kappa shape index (κ3) is 5.18. The second kappa shape index (κ2) is 8.99. The van der Waals surface area contributed by atoms with Gasteiger partial charge in [-0.2, -0.15) is 0 Å². The Morgan fingerprint density at radius 1 is 1.13 bits per heavy atom. The van der Waals surface area contributed by atoms with Crippen molar-refractivity contribution in [3.05, 3.63) is 81.3 Å². The van der Waals surface area contributed by atoms with Crippen molar-refractivity contribution in [3.63, 3.8) is 0 Å². The van der Waals surface area contributed by atoms with Crippen molar-refractivity contribution in [3.8, 4) is 22.6 Å². The number of H-pyrrole nitrogens is 1. The largest absolute Gasteiger partial charge is 0.453 e. The maximum atomic E-state index is 14.3. The van der Waals surface area contributed by atoms with Crippen molar-refractivity contribution in [2.45, 2.75) is 19.1 Å². The Morgan fingerprint density at radius 2 is 1.87 bits per heavy atom. The van der Waals surface area contributed by atoms with Crippen LogP contribution in [0.15, 0.2) is 47.4 Å². The van der Waals surface area contributed by atoms with E-state index in [4.69, 9.17) is 4.74 Å². The average Bonchev–Trinajstić information content (AvgIpc) is 2.68. The van der Waals surface area contributed by atoms with Crippen LogP contribution in [0.25, 0.3) is 11.1 Å². The molecule has 0 radical (unpaired) electrons. The number of benzene rings is 2. The number of aliphatic hydroxyl groups excluding tert-OH is 1. The molecular weight excluding hydrogens is 428 g/mol. The van der Waals surface area contributed by atoms with E-state index < -0.39 is 21.5 Å². The summed E-state index contributed by atoms with van der Waals surface area (Å²) in [7, 11) is -3.47. The standard InChI is InChI=1S/C22H21F2NO5S/c1-13-16(8-9-26)18(11-25-22(13)27)17-5-3-4-14(12-31(2,28)29)21(17)30-20-7-6-15(23)10-19(20)24/h3-7,10-11,26H,8-9,12H2,1-2H3,(H,25,27). The Kier molecular flexibility index (Phi) is 6.56. The smallest absolute Gasteiger partial charge is 0.251 e. The summed E-state index contributed by atoms with van der Waals surface area (Å²) in [6.07, 6.45) is 2.67. The van der Waals surface area contributed by atoms with E-state index in [9.17, 15) is 27.1 Å². The molecule has 6 nitrogen and oxygen atoms in total. The zero-order valence-corrected chi connectivity index (χ0v) is 17.7. The van der Waals surface area contributed by atoms with Gasteiger partial charge in [0.2, 0.25) is 0 Å². The molecule has 0 aliphatic rings. The summed E-state index contributed by atoms with van der Waals surface area (Å²) in [6.45, 7) is 1.39. The lowest BCUT2D eigenvalue weighted by atomic mass is 9.94. The molecule has 2 N–H and O–H groups in total. The van der Waals surface area contributed by atoms with E-state index in [1.54, 1.807) is 19.1 Å². The molecule has 0 aliphatic carbocycles. The molecule has 31 heavy (non-hydrogen) atoms. The summed E-state index contributed by atoms with van der Waals surface area (Å²) in [5.41, 5.74) is 1.77. The summed E-state index contributed by atoms with van der Waals surface area (Å²) < 4.78 is 57.3. The number of pyridine rings is 1. The fraction of sp³-hybridized carbons (Fsp3) is 0.227. The molecule has 9 heteroatoms. The minimum atomic E-state index is -3.47. The number of aromatic amines is 1. The highest BCUT2D eigenvalue weighted by molar-refractivity contribution is 7.89. The molecule has 0 atom stereocenters. The number of rotatable bonds is 7. The van der Waals surface area contributed by atoms with Gasteiger partial charge in [0.05, 0.1) is 5.75 Å². The molecular formula is C22H21F2NO5S. The maximum absolute atomic E-state index is 14.3. The molecule has 1 heterocycles. The lowest BCUT2D eigenvalue weighted by Crippen LogP contribution is -2.14. The van der Waals surface area contributed by atoms with Crippen molar-refractivity contribution >= 4 is 9.84 Å². The van der Waals surface area contributed by atoms with Gasteiger partial charge in [-0.25, -0.2) is 17.2 Å². The van der Waals surface area contributed by atoms with E-state index in [2.05, 4.69) is 4.98 Å². The second-order valence-electron chi connectivity index (χ2n) is 7.15. The van der Waals surface area contributed by atoms with Crippen LogP contribution in [0.4, 0.5) is 8.78 Å². The van der Waals surface area contributed by atoms with Crippen molar-refractivity contribution in [1.82, 2.24) is 4.98 Å². The molecule has 0 bridgehead atoms. The number of aromatic nitrogens is 1. The fourth-order valence-corrected chi connectivity index (χ4v) is 4.12. The monoisotopic (exact) mass is 449 g/mol. The maximum Gasteiger partial charge on any atom is 0.251 e. The zero-order valence-electron chi connectivity index (χ0n) is 16.9. The van der Waals surface area contributed by atoms with Gasteiger partial charge < -0.3 is 14.8 Å². The van der Waals surface area contributed by atoms with E-state index in [1.165, 1.54) is 12.3 Å². The number of nitrogens with one attached hydrogen (secondary N) is 1. The molecule has 3 rings (SSSR count). The van der Waals surface area contributed by atoms with E-state index in [0.717, 1.165) is 18.4 Å². The summed E-state index contributed by atoms with van der Waals surface area (Å²) >= 11 is 0. The van der Waals surface area contributed by atoms with Crippen LogP contribution in [0.2, 0.25) is 0 Å². The zero-order chi connectivity index (χ0) is 22.8. The second-order valence-corrected chi connectivity index (χ2v) is 9.29. The minimum absolute atomic E-state index is 0.0593. The topological polar surface area (TPSA) is 96.5 Å². The van der Waals surface area contributed by atoms with Crippen LogP contribution < -0.4 is 10.3 Å². The molecule has 0 fully saturated rings. The Balaban J connectivity index is 2.27. The molecule has 0 aliphatic heterocycles. The highest BCUT2D eigenvalue weighted by Gasteiger charge is 2.21. The van der Waals surface area contributed by atoms with Crippen molar-refractivity contribution in [2.24, 2.45) is 0 Å². The fourth-order valence-electron chi connectivity index (χ4n) is 3.33. The van der Waals surface area contributed by atoms with E-state index in [0.29, 0.717) is 28.3 Å². The quantitative estimate of drug-likeness (QED) is 0.576. The third-order valence-electron chi connectivity index (χ3n) is 4.74. The van der Waals surface area contributed by atoms with Gasteiger partial charge in [0.15, 0.2) is 21.4 Å². The molecule has 2 aromatic carbocycles. The molecule has 0 amide bonds. The highest BCUT2D eigenvalue weighted by atomic mass is 32.2. The summed E-state index contributed by atoms with van der Waals surface area (Å²) in [5.74, 6) is -2.33. The first kappa shape index (κ1) is 22.6. The third-order valence-corrected chi connectivity index (χ3v) is 5.57. The van der Waals surface area contributed by atoms with E-state index in [-0.39, 0.29) is 41.4 Å². The van der Waals surface area contributed by atoms with Gasteiger partial charge in [0, 0.05) is 47.4 Å². The molecule has 164 valence electrons. The van der Waals surface area contributed by atoms with Gasteiger partial charge in [-0.1, -0.05) is 18.2 Å². The SMILES string of the molecule is Cc1c(CCO)c(-c2cccc(CS(C)(=O)=O)c2Oc2ccc(F)cc2F)c[nH]c1=O. The van der Waals surface area contributed by atoms with Crippen LogP contribution in [0.3, 0.4) is 0 Å². The van der Waals surface area contributed by atoms with E-state index >= 15 is 0 Å². The van der Waals surface area contributed by atoms with Crippen LogP contribution in [0, 0.1) is 18.6 Å². The molecule has 0 saturated carbocycles.